The van der Waals surface area contributed by atoms with E-state index >= 15 is 0 Å². The predicted molar refractivity (Wildman–Crippen MR) is 77.6 cm³/mol. The van der Waals surface area contributed by atoms with Gasteiger partial charge in [0.15, 0.2) is 0 Å². The maximum absolute atomic E-state index is 12.0. The van der Waals surface area contributed by atoms with E-state index in [1.165, 1.54) is 25.7 Å². The number of ether oxygens (including phenoxy) is 1. The summed E-state index contributed by atoms with van der Waals surface area (Å²) in [6, 6.07) is 1.91. The van der Waals surface area contributed by atoms with Gasteiger partial charge >= 0.3 is 0 Å². The maximum Gasteiger partial charge on any atom is 0.234 e. The van der Waals surface area contributed by atoms with Gasteiger partial charge in [0.1, 0.15) is 0 Å². The molecule has 5 nitrogen and oxygen atoms in total. The summed E-state index contributed by atoms with van der Waals surface area (Å²) in [7, 11) is 2.08. The summed E-state index contributed by atoms with van der Waals surface area (Å²) in [5.41, 5.74) is 0. The second-order valence-corrected chi connectivity index (χ2v) is 6.62. The monoisotopic (exact) mass is 281 g/mol. The van der Waals surface area contributed by atoms with Crippen LogP contribution in [-0.2, 0) is 9.53 Å². The standard InChI is InChI=1S/C15H27N3O2/c1-18(13-7-11-4-5-12(8-13)17-11)10-15(19)16-9-14-3-2-6-20-14/h11-14,17H,2-10H2,1H3,(H,16,19). The minimum absolute atomic E-state index is 0.133. The van der Waals surface area contributed by atoms with Gasteiger partial charge in [-0.15, -0.1) is 0 Å². The van der Waals surface area contributed by atoms with Crippen LogP contribution in [0, 0.1) is 0 Å². The Morgan fingerprint density at radius 2 is 2.05 bits per heavy atom. The minimum Gasteiger partial charge on any atom is -0.376 e. The van der Waals surface area contributed by atoms with Gasteiger partial charge in [0, 0.05) is 31.3 Å². The molecule has 0 spiro atoms. The van der Waals surface area contributed by atoms with Gasteiger partial charge < -0.3 is 15.4 Å². The average Bonchev–Trinajstić information content (AvgIpc) is 3.06. The van der Waals surface area contributed by atoms with Crippen molar-refractivity contribution in [3.8, 4) is 0 Å². The first-order valence-electron chi connectivity index (χ1n) is 8.05. The van der Waals surface area contributed by atoms with E-state index in [0.717, 1.165) is 19.4 Å². The van der Waals surface area contributed by atoms with Crippen LogP contribution < -0.4 is 10.6 Å². The average molecular weight is 281 g/mol. The normalized spacial score (nSPS) is 36.5. The van der Waals surface area contributed by atoms with Crippen molar-refractivity contribution in [2.24, 2.45) is 0 Å². The van der Waals surface area contributed by atoms with E-state index in [9.17, 15) is 4.79 Å². The van der Waals surface area contributed by atoms with E-state index in [0.29, 0.717) is 31.2 Å². The lowest BCUT2D eigenvalue weighted by atomic mass is 9.98. The van der Waals surface area contributed by atoms with E-state index in [2.05, 4.69) is 22.6 Å². The smallest absolute Gasteiger partial charge is 0.234 e. The van der Waals surface area contributed by atoms with Crippen LogP contribution in [0.1, 0.15) is 38.5 Å². The first kappa shape index (κ1) is 14.3. The molecular weight excluding hydrogens is 254 g/mol. The van der Waals surface area contributed by atoms with Gasteiger partial charge in [0.2, 0.25) is 5.91 Å². The molecule has 2 N–H and O–H groups in total. The molecule has 5 heteroatoms. The summed E-state index contributed by atoms with van der Waals surface area (Å²) in [4.78, 5) is 14.2. The van der Waals surface area contributed by atoms with Crippen molar-refractivity contribution >= 4 is 5.91 Å². The summed E-state index contributed by atoms with van der Waals surface area (Å²) >= 11 is 0. The fourth-order valence-electron chi connectivity index (χ4n) is 3.83. The number of amides is 1. The van der Waals surface area contributed by atoms with Gasteiger partial charge in [0.05, 0.1) is 12.6 Å². The first-order valence-corrected chi connectivity index (χ1v) is 8.05. The number of rotatable bonds is 5. The third-order valence-electron chi connectivity index (χ3n) is 5.02. The van der Waals surface area contributed by atoms with Crippen molar-refractivity contribution < 1.29 is 9.53 Å². The molecule has 3 heterocycles. The van der Waals surface area contributed by atoms with E-state index in [-0.39, 0.29) is 12.0 Å². The molecule has 0 saturated carbocycles. The van der Waals surface area contributed by atoms with E-state index in [1.807, 2.05) is 0 Å². The molecule has 1 amide bonds. The van der Waals surface area contributed by atoms with Gasteiger partial charge in [-0.3, -0.25) is 9.69 Å². The van der Waals surface area contributed by atoms with Gasteiger partial charge in [0.25, 0.3) is 0 Å². The van der Waals surface area contributed by atoms with Gasteiger partial charge in [-0.05, 0) is 45.6 Å². The van der Waals surface area contributed by atoms with Gasteiger partial charge in [-0.2, -0.15) is 0 Å². The van der Waals surface area contributed by atoms with Crippen LogP contribution in [0.4, 0.5) is 0 Å². The zero-order chi connectivity index (χ0) is 13.9. The number of likely N-dealkylation sites (N-methyl/N-ethyl adjacent to an activating group) is 1. The zero-order valence-corrected chi connectivity index (χ0v) is 12.4. The van der Waals surface area contributed by atoms with Crippen LogP contribution in [0.5, 0.6) is 0 Å². The molecule has 0 aromatic heterocycles. The lowest BCUT2D eigenvalue weighted by Gasteiger charge is -2.35. The van der Waals surface area contributed by atoms with Crippen LogP contribution in [0.15, 0.2) is 0 Å². The lowest BCUT2D eigenvalue weighted by Crippen LogP contribution is -2.49. The number of carbonyl (C=O) groups excluding carboxylic acids is 1. The predicted octanol–water partition coefficient (Wildman–Crippen LogP) is 0.496. The molecule has 20 heavy (non-hydrogen) atoms. The molecule has 3 saturated heterocycles. The fourth-order valence-corrected chi connectivity index (χ4v) is 3.83. The molecule has 0 aliphatic carbocycles. The minimum atomic E-state index is 0.133. The van der Waals surface area contributed by atoms with Gasteiger partial charge in [-0.1, -0.05) is 0 Å². The van der Waals surface area contributed by atoms with Crippen molar-refractivity contribution in [2.45, 2.75) is 62.8 Å². The number of nitrogens with zero attached hydrogens (tertiary/aromatic N) is 1. The number of piperidine rings is 1. The molecule has 0 radical (unpaired) electrons. The molecule has 3 fully saturated rings. The summed E-state index contributed by atoms with van der Waals surface area (Å²) in [6.45, 7) is 2.03. The quantitative estimate of drug-likeness (QED) is 0.770. The SMILES string of the molecule is CN(CC(=O)NCC1CCCO1)C1CC2CCC(C1)N2. The molecule has 2 bridgehead atoms. The Bertz CT molecular complexity index is 332. The first-order chi connectivity index (χ1) is 9.70. The van der Waals surface area contributed by atoms with Crippen LogP contribution >= 0.6 is 0 Å². The molecule has 3 aliphatic rings. The van der Waals surface area contributed by atoms with Crippen LogP contribution in [0.3, 0.4) is 0 Å². The zero-order valence-electron chi connectivity index (χ0n) is 12.4. The third-order valence-corrected chi connectivity index (χ3v) is 5.02. The highest BCUT2D eigenvalue weighted by atomic mass is 16.5. The number of hydrogen-bond donors (Lipinski definition) is 2. The second kappa shape index (κ2) is 6.41. The number of nitrogens with one attached hydrogen (secondary N) is 2. The van der Waals surface area contributed by atoms with Crippen LogP contribution in [-0.4, -0.2) is 61.8 Å². The summed E-state index contributed by atoms with van der Waals surface area (Å²) in [5.74, 6) is 0.133. The lowest BCUT2D eigenvalue weighted by molar-refractivity contribution is -0.123. The van der Waals surface area contributed by atoms with Crippen LogP contribution in [0.25, 0.3) is 0 Å². The van der Waals surface area contributed by atoms with Crippen molar-refractivity contribution in [1.82, 2.24) is 15.5 Å². The Labute approximate surface area is 121 Å². The highest BCUT2D eigenvalue weighted by molar-refractivity contribution is 5.78. The highest BCUT2D eigenvalue weighted by Gasteiger charge is 2.35. The van der Waals surface area contributed by atoms with Crippen molar-refractivity contribution in [2.75, 3.05) is 26.7 Å². The second-order valence-electron chi connectivity index (χ2n) is 6.62. The number of carbonyl (C=O) groups is 1. The molecule has 0 aromatic carbocycles. The summed E-state index contributed by atoms with van der Waals surface area (Å²) in [5, 5.41) is 6.66. The third kappa shape index (κ3) is 3.51. The Balaban J connectivity index is 1.39. The van der Waals surface area contributed by atoms with Crippen molar-refractivity contribution in [1.29, 1.82) is 0 Å². The molecule has 3 atom stereocenters. The molecule has 3 unspecified atom stereocenters. The highest BCUT2D eigenvalue weighted by Crippen LogP contribution is 2.29. The number of fused-ring (bicyclic) bond motifs is 2. The molecule has 0 aromatic rings. The number of hydrogen-bond acceptors (Lipinski definition) is 4. The van der Waals surface area contributed by atoms with Crippen molar-refractivity contribution in [3.63, 3.8) is 0 Å². The molecule has 3 rings (SSSR count). The summed E-state index contributed by atoms with van der Waals surface area (Å²) in [6.07, 6.45) is 7.42. The maximum atomic E-state index is 12.0. The van der Waals surface area contributed by atoms with E-state index < -0.39 is 0 Å². The van der Waals surface area contributed by atoms with E-state index in [1.54, 1.807) is 0 Å². The topological polar surface area (TPSA) is 53.6 Å². The Morgan fingerprint density at radius 1 is 1.30 bits per heavy atom. The Kier molecular flexibility index (Phi) is 4.58. The van der Waals surface area contributed by atoms with E-state index in [4.69, 9.17) is 4.74 Å². The summed E-state index contributed by atoms with van der Waals surface area (Å²) < 4.78 is 5.52. The molecular formula is C15H27N3O2. The van der Waals surface area contributed by atoms with Crippen molar-refractivity contribution in [3.05, 3.63) is 0 Å². The Hall–Kier alpha value is -0.650. The molecule has 3 aliphatic heterocycles. The largest absolute Gasteiger partial charge is 0.376 e. The van der Waals surface area contributed by atoms with Gasteiger partial charge in [-0.25, -0.2) is 0 Å². The molecule has 114 valence electrons. The van der Waals surface area contributed by atoms with Crippen LogP contribution in [0.2, 0.25) is 0 Å². The fraction of sp³-hybridized carbons (Fsp3) is 0.933. The Morgan fingerprint density at radius 3 is 2.70 bits per heavy atom.